The van der Waals surface area contributed by atoms with Gasteiger partial charge < -0.3 is 20.3 Å². The molecule has 1 aromatic rings. The molecule has 1 rings (SSSR count). The van der Waals surface area contributed by atoms with Crippen molar-refractivity contribution in [3.05, 3.63) is 22.2 Å². The minimum Gasteiger partial charge on any atom is -0.503 e. The molecule has 0 saturated heterocycles. The summed E-state index contributed by atoms with van der Waals surface area (Å²) in [6, 6.07) is 3.57. The van der Waals surface area contributed by atoms with Crippen LogP contribution in [0.3, 0.4) is 0 Å². The third-order valence-corrected chi connectivity index (χ3v) is 2.68. The van der Waals surface area contributed by atoms with Gasteiger partial charge in [-0.05, 0) is 40.5 Å². The van der Waals surface area contributed by atoms with E-state index in [4.69, 9.17) is 9.84 Å². The SMILES string of the molecule is COc1cc(CNC[C@H](C)O)cc(Br)c1O. The molecule has 0 spiro atoms. The highest BCUT2D eigenvalue weighted by atomic mass is 79.9. The van der Waals surface area contributed by atoms with Crippen molar-refractivity contribution in [3.63, 3.8) is 0 Å². The number of phenolic OH excluding ortho intramolecular Hbond substituents is 1. The quantitative estimate of drug-likeness (QED) is 0.771. The molecule has 0 aliphatic carbocycles. The maximum absolute atomic E-state index is 9.60. The largest absolute Gasteiger partial charge is 0.503 e. The second-order valence-corrected chi connectivity index (χ2v) is 4.46. The summed E-state index contributed by atoms with van der Waals surface area (Å²) in [4.78, 5) is 0. The van der Waals surface area contributed by atoms with E-state index < -0.39 is 0 Å². The Kier molecular flexibility index (Phi) is 5.05. The van der Waals surface area contributed by atoms with E-state index in [0.717, 1.165) is 5.56 Å². The molecule has 0 aliphatic rings. The number of benzene rings is 1. The lowest BCUT2D eigenvalue weighted by molar-refractivity contribution is 0.191. The molecular weight excluding hydrogens is 274 g/mol. The highest BCUT2D eigenvalue weighted by molar-refractivity contribution is 9.10. The Labute approximate surface area is 103 Å². The number of phenols is 1. The van der Waals surface area contributed by atoms with Crippen LogP contribution >= 0.6 is 15.9 Å². The van der Waals surface area contributed by atoms with Crippen LogP contribution in [0.1, 0.15) is 12.5 Å². The van der Waals surface area contributed by atoms with E-state index >= 15 is 0 Å². The Morgan fingerprint density at radius 1 is 1.50 bits per heavy atom. The number of hydrogen-bond acceptors (Lipinski definition) is 4. The Hall–Kier alpha value is -0.780. The monoisotopic (exact) mass is 289 g/mol. The summed E-state index contributed by atoms with van der Waals surface area (Å²) in [7, 11) is 1.51. The van der Waals surface area contributed by atoms with Crippen LogP contribution < -0.4 is 10.1 Å². The van der Waals surface area contributed by atoms with Gasteiger partial charge >= 0.3 is 0 Å². The van der Waals surface area contributed by atoms with Gasteiger partial charge in [-0.2, -0.15) is 0 Å². The van der Waals surface area contributed by atoms with Crippen LogP contribution in [0.5, 0.6) is 11.5 Å². The smallest absolute Gasteiger partial charge is 0.172 e. The maximum Gasteiger partial charge on any atom is 0.172 e. The van der Waals surface area contributed by atoms with Crippen molar-refractivity contribution in [3.8, 4) is 11.5 Å². The normalized spacial score (nSPS) is 12.5. The first kappa shape index (κ1) is 13.3. The number of hydrogen-bond donors (Lipinski definition) is 3. The molecule has 0 amide bonds. The molecule has 0 radical (unpaired) electrons. The zero-order valence-corrected chi connectivity index (χ0v) is 10.9. The lowest BCUT2D eigenvalue weighted by atomic mass is 10.2. The van der Waals surface area contributed by atoms with Crippen molar-refractivity contribution in [2.24, 2.45) is 0 Å². The van der Waals surface area contributed by atoms with Crippen molar-refractivity contribution >= 4 is 15.9 Å². The number of halogens is 1. The van der Waals surface area contributed by atoms with Crippen LogP contribution in [0.15, 0.2) is 16.6 Å². The Morgan fingerprint density at radius 2 is 2.19 bits per heavy atom. The number of rotatable bonds is 5. The van der Waals surface area contributed by atoms with Gasteiger partial charge in [0.05, 0.1) is 17.7 Å². The molecule has 0 unspecified atom stereocenters. The predicted octanol–water partition coefficient (Wildman–Crippen LogP) is 1.63. The van der Waals surface area contributed by atoms with E-state index in [1.807, 2.05) is 6.07 Å². The van der Waals surface area contributed by atoms with Gasteiger partial charge in [-0.25, -0.2) is 0 Å². The van der Waals surface area contributed by atoms with E-state index in [2.05, 4.69) is 21.2 Å². The Morgan fingerprint density at radius 3 is 2.75 bits per heavy atom. The van der Waals surface area contributed by atoms with Gasteiger partial charge in [-0.3, -0.25) is 0 Å². The van der Waals surface area contributed by atoms with Crippen LogP contribution in [-0.4, -0.2) is 30.0 Å². The molecule has 0 fully saturated rings. The summed E-state index contributed by atoms with van der Waals surface area (Å²) in [6.45, 7) is 2.86. The standard InChI is InChI=1S/C11H16BrNO3/c1-7(14)5-13-6-8-3-9(12)11(15)10(4-8)16-2/h3-4,7,13-15H,5-6H2,1-2H3/t7-/m0/s1. The van der Waals surface area contributed by atoms with E-state index in [1.165, 1.54) is 7.11 Å². The van der Waals surface area contributed by atoms with Crippen LogP contribution in [0.25, 0.3) is 0 Å². The summed E-state index contributed by atoms with van der Waals surface area (Å²) in [5.41, 5.74) is 0.974. The number of nitrogens with one attached hydrogen (secondary N) is 1. The van der Waals surface area contributed by atoms with Gasteiger partial charge in [-0.1, -0.05) is 0 Å². The van der Waals surface area contributed by atoms with E-state index in [1.54, 1.807) is 13.0 Å². The van der Waals surface area contributed by atoms with Gasteiger partial charge in [0.1, 0.15) is 0 Å². The number of aliphatic hydroxyl groups excluding tert-OH is 1. The lowest BCUT2D eigenvalue weighted by Gasteiger charge is -2.10. The van der Waals surface area contributed by atoms with E-state index in [9.17, 15) is 5.11 Å². The minimum atomic E-state index is -0.373. The molecule has 16 heavy (non-hydrogen) atoms. The second-order valence-electron chi connectivity index (χ2n) is 3.61. The molecule has 90 valence electrons. The maximum atomic E-state index is 9.60. The molecule has 0 heterocycles. The van der Waals surface area contributed by atoms with Crippen molar-refractivity contribution in [1.29, 1.82) is 0 Å². The fourth-order valence-corrected chi connectivity index (χ4v) is 1.80. The minimum absolute atomic E-state index is 0.0989. The summed E-state index contributed by atoms with van der Waals surface area (Å²) >= 11 is 3.25. The topological polar surface area (TPSA) is 61.7 Å². The lowest BCUT2D eigenvalue weighted by Crippen LogP contribution is -2.23. The van der Waals surface area contributed by atoms with Gasteiger partial charge in [0.15, 0.2) is 11.5 Å². The fourth-order valence-electron chi connectivity index (χ4n) is 1.31. The summed E-state index contributed by atoms with van der Waals surface area (Å²) < 4.78 is 5.63. The average Bonchev–Trinajstić information content (AvgIpc) is 2.22. The molecule has 0 saturated carbocycles. The number of ether oxygens (including phenoxy) is 1. The molecule has 5 heteroatoms. The summed E-state index contributed by atoms with van der Waals surface area (Å²) in [6.07, 6.45) is -0.373. The molecule has 0 aromatic heterocycles. The highest BCUT2D eigenvalue weighted by Crippen LogP contribution is 2.35. The van der Waals surface area contributed by atoms with Crippen molar-refractivity contribution in [2.45, 2.75) is 19.6 Å². The molecule has 4 nitrogen and oxygen atoms in total. The van der Waals surface area contributed by atoms with Crippen LogP contribution in [0, 0.1) is 0 Å². The van der Waals surface area contributed by atoms with Crippen molar-refractivity contribution in [1.82, 2.24) is 5.32 Å². The molecular formula is C11H16BrNO3. The van der Waals surface area contributed by atoms with Crippen LogP contribution in [0.4, 0.5) is 0 Å². The number of methoxy groups -OCH3 is 1. The van der Waals surface area contributed by atoms with E-state index in [0.29, 0.717) is 23.3 Å². The van der Waals surface area contributed by atoms with Gasteiger partial charge in [0.25, 0.3) is 0 Å². The van der Waals surface area contributed by atoms with Crippen molar-refractivity contribution in [2.75, 3.05) is 13.7 Å². The fraction of sp³-hybridized carbons (Fsp3) is 0.455. The van der Waals surface area contributed by atoms with Gasteiger partial charge in [0.2, 0.25) is 0 Å². The molecule has 3 N–H and O–H groups in total. The van der Waals surface area contributed by atoms with Gasteiger partial charge in [0, 0.05) is 13.1 Å². The first-order valence-corrected chi connectivity index (χ1v) is 5.78. The van der Waals surface area contributed by atoms with E-state index in [-0.39, 0.29) is 11.9 Å². The Balaban J connectivity index is 2.70. The zero-order chi connectivity index (χ0) is 12.1. The second kappa shape index (κ2) is 6.08. The third kappa shape index (κ3) is 3.66. The number of aromatic hydroxyl groups is 1. The summed E-state index contributed by atoms with van der Waals surface area (Å²) in [5.74, 6) is 0.532. The predicted molar refractivity (Wildman–Crippen MR) is 65.7 cm³/mol. The Bertz CT molecular complexity index is 355. The van der Waals surface area contributed by atoms with Crippen LogP contribution in [0.2, 0.25) is 0 Å². The van der Waals surface area contributed by atoms with Gasteiger partial charge in [-0.15, -0.1) is 0 Å². The molecule has 0 bridgehead atoms. The van der Waals surface area contributed by atoms with Crippen molar-refractivity contribution < 1.29 is 14.9 Å². The summed E-state index contributed by atoms with van der Waals surface area (Å²) in [5, 5.41) is 21.8. The number of aliphatic hydroxyl groups is 1. The zero-order valence-electron chi connectivity index (χ0n) is 9.33. The molecule has 1 aromatic carbocycles. The first-order valence-electron chi connectivity index (χ1n) is 4.98. The molecule has 1 atom stereocenters. The first-order chi connectivity index (χ1) is 7.54. The molecule has 0 aliphatic heterocycles. The average molecular weight is 290 g/mol. The highest BCUT2D eigenvalue weighted by Gasteiger charge is 2.08. The third-order valence-electron chi connectivity index (χ3n) is 2.08. The van der Waals surface area contributed by atoms with Crippen LogP contribution in [-0.2, 0) is 6.54 Å².